The largest absolute Gasteiger partial charge is 0.381 e. The zero-order valence-corrected chi connectivity index (χ0v) is 9.78. The molecule has 1 saturated heterocycles. The Morgan fingerprint density at radius 2 is 2.19 bits per heavy atom. The molecule has 2 aliphatic rings. The molecule has 1 aromatic rings. The van der Waals surface area contributed by atoms with E-state index in [0.717, 1.165) is 32.6 Å². The molecule has 1 fully saturated rings. The van der Waals surface area contributed by atoms with Gasteiger partial charge in [0.05, 0.1) is 5.69 Å². The molecule has 88 valence electrons. The molecule has 1 atom stereocenters. The third-order valence-electron chi connectivity index (χ3n) is 3.61. The van der Waals surface area contributed by atoms with Gasteiger partial charge in [0.2, 0.25) is 0 Å². The molecule has 0 bridgehead atoms. The van der Waals surface area contributed by atoms with E-state index in [0.29, 0.717) is 12.0 Å². The number of aryl methyl sites for hydroxylation is 1. The normalized spacial score (nSPS) is 26.2. The summed E-state index contributed by atoms with van der Waals surface area (Å²) in [5.74, 6) is 1.80. The summed E-state index contributed by atoms with van der Waals surface area (Å²) in [7, 11) is 0. The molecular formula is C12H19N3O. The van der Waals surface area contributed by atoms with Crippen LogP contribution < -0.4 is 5.32 Å². The van der Waals surface area contributed by atoms with Crippen molar-refractivity contribution >= 4 is 5.82 Å². The molecule has 0 spiro atoms. The van der Waals surface area contributed by atoms with Gasteiger partial charge >= 0.3 is 0 Å². The molecule has 0 aromatic carbocycles. The fourth-order valence-electron chi connectivity index (χ4n) is 2.56. The van der Waals surface area contributed by atoms with Crippen LogP contribution >= 0.6 is 0 Å². The topological polar surface area (TPSA) is 39.1 Å². The van der Waals surface area contributed by atoms with Gasteiger partial charge in [-0.05, 0) is 26.2 Å². The first-order valence-electron chi connectivity index (χ1n) is 6.25. The second-order valence-corrected chi connectivity index (χ2v) is 4.90. The van der Waals surface area contributed by atoms with Crippen LogP contribution in [0.25, 0.3) is 0 Å². The van der Waals surface area contributed by atoms with Crippen molar-refractivity contribution in [1.29, 1.82) is 0 Å². The molecular weight excluding hydrogens is 202 g/mol. The van der Waals surface area contributed by atoms with Gasteiger partial charge in [0, 0.05) is 37.8 Å². The quantitative estimate of drug-likeness (QED) is 0.788. The fraction of sp³-hybridized carbons (Fsp3) is 0.750. The summed E-state index contributed by atoms with van der Waals surface area (Å²) in [4.78, 5) is 0. The number of hydrogen-bond donors (Lipinski definition) is 1. The maximum Gasteiger partial charge on any atom is 0.124 e. The number of hydrogen-bond acceptors (Lipinski definition) is 3. The first-order valence-corrected chi connectivity index (χ1v) is 6.25. The second-order valence-electron chi connectivity index (χ2n) is 4.90. The summed E-state index contributed by atoms with van der Waals surface area (Å²) >= 11 is 0. The lowest BCUT2D eigenvalue weighted by atomic mass is 9.97. The summed E-state index contributed by atoms with van der Waals surface area (Å²) in [6.45, 7) is 5.05. The van der Waals surface area contributed by atoms with Crippen molar-refractivity contribution in [2.24, 2.45) is 0 Å². The first-order chi connectivity index (χ1) is 7.83. The van der Waals surface area contributed by atoms with Crippen LogP contribution in [0.1, 0.15) is 37.8 Å². The van der Waals surface area contributed by atoms with E-state index in [1.807, 2.05) is 0 Å². The molecule has 4 heteroatoms. The number of aromatic nitrogens is 2. The Bertz CT molecular complexity index is 368. The summed E-state index contributed by atoms with van der Waals surface area (Å²) in [5, 5.41) is 8.20. The number of anilines is 1. The molecule has 3 rings (SSSR count). The highest BCUT2D eigenvalue weighted by Gasteiger charge is 2.22. The Morgan fingerprint density at radius 1 is 1.38 bits per heavy atom. The van der Waals surface area contributed by atoms with Gasteiger partial charge in [0.15, 0.2) is 0 Å². The molecule has 1 aromatic heterocycles. The molecule has 1 N–H and O–H groups in total. The monoisotopic (exact) mass is 221 g/mol. The van der Waals surface area contributed by atoms with Gasteiger partial charge in [-0.1, -0.05) is 0 Å². The summed E-state index contributed by atoms with van der Waals surface area (Å²) < 4.78 is 7.51. The van der Waals surface area contributed by atoms with E-state index in [4.69, 9.17) is 9.84 Å². The Labute approximate surface area is 96.0 Å². The van der Waals surface area contributed by atoms with Crippen LogP contribution in [0.3, 0.4) is 0 Å². The third-order valence-corrected chi connectivity index (χ3v) is 3.61. The van der Waals surface area contributed by atoms with Crippen molar-refractivity contribution in [2.45, 2.75) is 44.7 Å². The van der Waals surface area contributed by atoms with Crippen LogP contribution in [0.5, 0.6) is 0 Å². The highest BCUT2D eigenvalue weighted by Crippen LogP contribution is 2.29. The lowest BCUT2D eigenvalue weighted by molar-refractivity contribution is 0.0843. The molecule has 0 saturated carbocycles. The van der Waals surface area contributed by atoms with Crippen LogP contribution in [0.4, 0.5) is 5.82 Å². The number of ether oxygens (including phenoxy) is 1. The maximum atomic E-state index is 5.39. The minimum absolute atomic E-state index is 0.576. The van der Waals surface area contributed by atoms with Gasteiger partial charge in [0.25, 0.3) is 0 Å². The Kier molecular flexibility index (Phi) is 2.59. The Hall–Kier alpha value is -1.03. The molecule has 0 radical (unpaired) electrons. The van der Waals surface area contributed by atoms with E-state index >= 15 is 0 Å². The smallest absolute Gasteiger partial charge is 0.124 e. The highest BCUT2D eigenvalue weighted by molar-refractivity contribution is 5.40. The van der Waals surface area contributed by atoms with Gasteiger partial charge in [-0.15, -0.1) is 0 Å². The number of fused-ring (bicyclic) bond motifs is 1. The summed E-state index contributed by atoms with van der Waals surface area (Å²) in [6.07, 6.45) is 3.40. The number of rotatable bonds is 1. The van der Waals surface area contributed by atoms with Crippen LogP contribution in [-0.4, -0.2) is 29.0 Å². The lowest BCUT2D eigenvalue weighted by Crippen LogP contribution is -2.25. The minimum atomic E-state index is 0.576. The lowest BCUT2D eigenvalue weighted by Gasteiger charge is -2.21. The Morgan fingerprint density at radius 3 is 3.00 bits per heavy atom. The van der Waals surface area contributed by atoms with Crippen molar-refractivity contribution in [2.75, 3.05) is 18.5 Å². The van der Waals surface area contributed by atoms with E-state index in [1.165, 1.54) is 17.9 Å². The second kappa shape index (κ2) is 4.09. The molecule has 4 nitrogen and oxygen atoms in total. The van der Waals surface area contributed by atoms with E-state index in [1.54, 1.807) is 0 Å². The maximum absolute atomic E-state index is 5.39. The van der Waals surface area contributed by atoms with Gasteiger partial charge in [0.1, 0.15) is 5.82 Å². The number of nitrogens with zero attached hydrogens (tertiary/aromatic N) is 2. The standard InChI is InChI=1S/C12H19N3O/c1-9-2-5-15-12(13-9)8-11(14-15)10-3-6-16-7-4-10/h8-10,13H,2-7H2,1H3. The van der Waals surface area contributed by atoms with Crippen LogP contribution in [-0.2, 0) is 11.3 Å². The minimum Gasteiger partial charge on any atom is -0.381 e. The van der Waals surface area contributed by atoms with Crippen molar-refractivity contribution in [3.8, 4) is 0 Å². The SMILES string of the molecule is CC1CCn2nc(C3CCOCC3)cc2N1. The van der Waals surface area contributed by atoms with E-state index < -0.39 is 0 Å². The highest BCUT2D eigenvalue weighted by atomic mass is 16.5. The van der Waals surface area contributed by atoms with Crippen LogP contribution in [0, 0.1) is 0 Å². The molecule has 2 aliphatic heterocycles. The van der Waals surface area contributed by atoms with Gasteiger partial charge in [-0.2, -0.15) is 5.10 Å². The van der Waals surface area contributed by atoms with Crippen LogP contribution in [0.15, 0.2) is 6.07 Å². The summed E-state index contributed by atoms with van der Waals surface area (Å²) in [6, 6.07) is 2.80. The third kappa shape index (κ3) is 1.82. The predicted octanol–water partition coefficient (Wildman–Crippen LogP) is 1.98. The van der Waals surface area contributed by atoms with Crippen molar-refractivity contribution in [1.82, 2.24) is 9.78 Å². The zero-order chi connectivity index (χ0) is 11.0. The van der Waals surface area contributed by atoms with Crippen molar-refractivity contribution < 1.29 is 4.74 Å². The van der Waals surface area contributed by atoms with Crippen molar-refractivity contribution in [3.63, 3.8) is 0 Å². The van der Waals surface area contributed by atoms with Crippen LogP contribution in [0.2, 0.25) is 0 Å². The Balaban J connectivity index is 1.80. The van der Waals surface area contributed by atoms with Gasteiger partial charge in [-0.25, -0.2) is 4.68 Å². The molecule has 16 heavy (non-hydrogen) atoms. The average molecular weight is 221 g/mol. The van der Waals surface area contributed by atoms with E-state index in [2.05, 4.69) is 23.0 Å². The summed E-state index contributed by atoms with van der Waals surface area (Å²) in [5.41, 5.74) is 1.25. The molecule has 0 amide bonds. The van der Waals surface area contributed by atoms with Gasteiger partial charge in [-0.3, -0.25) is 0 Å². The van der Waals surface area contributed by atoms with E-state index in [-0.39, 0.29) is 0 Å². The molecule has 3 heterocycles. The van der Waals surface area contributed by atoms with Gasteiger partial charge < -0.3 is 10.1 Å². The first kappa shape index (κ1) is 10.1. The average Bonchev–Trinajstić information content (AvgIpc) is 2.73. The predicted molar refractivity (Wildman–Crippen MR) is 62.7 cm³/mol. The fourth-order valence-corrected chi connectivity index (χ4v) is 2.56. The molecule has 1 unspecified atom stereocenters. The van der Waals surface area contributed by atoms with Crippen molar-refractivity contribution in [3.05, 3.63) is 11.8 Å². The molecule has 0 aliphatic carbocycles. The van der Waals surface area contributed by atoms with E-state index in [9.17, 15) is 0 Å². The zero-order valence-electron chi connectivity index (χ0n) is 9.78. The number of nitrogens with one attached hydrogen (secondary N) is 1.